The van der Waals surface area contributed by atoms with Gasteiger partial charge in [0.05, 0.1) is 12.2 Å². The number of ether oxygens (including phenoxy) is 1. The van der Waals surface area contributed by atoms with Crippen molar-refractivity contribution in [3.8, 4) is 5.75 Å². The molecule has 0 aromatic heterocycles. The standard InChI is InChI=1S/C15H22N2OS/c1-2-19-13-8-4-7-12(14(13)15(16)17)18-10-9-11-5-3-6-11/h4,7-8,11H,2-3,5-6,9-10H2,1H3,(H3,16,17). The zero-order chi connectivity index (χ0) is 13.7. The average Bonchev–Trinajstić information content (AvgIpc) is 2.32. The molecule has 3 N–H and O–H groups in total. The molecule has 4 heteroatoms. The van der Waals surface area contributed by atoms with Crippen molar-refractivity contribution in [3.05, 3.63) is 23.8 Å². The van der Waals surface area contributed by atoms with Crippen LogP contribution in [-0.4, -0.2) is 18.2 Å². The summed E-state index contributed by atoms with van der Waals surface area (Å²) in [5, 5.41) is 7.75. The van der Waals surface area contributed by atoms with Gasteiger partial charge in [-0.2, -0.15) is 0 Å². The highest BCUT2D eigenvalue weighted by Gasteiger charge is 2.18. The average molecular weight is 278 g/mol. The van der Waals surface area contributed by atoms with E-state index in [-0.39, 0.29) is 5.84 Å². The van der Waals surface area contributed by atoms with E-state index in [4.69, 9.17) is 15.9 Å². The predicted molar refractivity (Wildman–Crippen MR) is 81.3 cm³/mol. The molecular formula is C15H22N2OS. The lowest BCUT2D eigenvalue weighted by molar-refractivity contribution is 0.221. The van der Waals surface area contributed by atoms with E-state index in [1.807, 2.05) is 18.2 Å². The van der Waals surface area contributed by atoms with Gasteiger partial charge in [0, 0.05) is 4.90 Å². The first-order valence-corrected chi connectivity index (χ1v) is 7.94. The van der Waals surface area contributed by atoms with Gasteiger partial charge in [-0.05, 0) is 30.2 Å². The Labute approximate surface area is 119 Å². The molecule has 3 nitrogen and oxygen atoms in total. The Bertz CT molecular complexity index is 444. The summed E-state index contributed by atoms with van der Waals surface area (Å²) in [6, 6.07) is 5.89. The molecule has 2 rings (SSSR count). The van der Waals surface area contributed by atoms with Crippen molar-refractivity contribution in [1.82, 2.24) is 0 Å². The highest BCUT2D eigenvalue weighted by atomic mass is 32.2. The number of hydrogen-bond donors (Lipinski definition) is 2. The van der Waals surface area contributed by atoms with Crippen LogP contribution in [0.3, 0.4) is 0 Å². The summed E-state index contributed by atoms with van der Waals surface area (Å²) in [4.78, 5) is 1.04. The minimum atomic E-state index is 0.0928. The highest BCUT2D eigenvalue weighted by molar-refractivity contribution is 7.99. The molecule has 1 aromatic rings. The number of rotatable bonds is 7. The zero-order valence-corrected chi connectivity index (χ0v) is 12.3. The summed E-state index contributed by atoms with van der Waals surface area (Å²) in [6.45, 7) is 2.82. The summed E-state index contributed by atoms with van der Waals surface area (Å²) in [6.07, 6.45) is 5.16. The smallest absolute Gasteiger partial charge is 0.131 e. The first-order valence-electron chi connectivity index (χ1n) is 6.95. The van der Waals surface area contributed by atoms with Crippen molar-refractivity contribution in [2.45, 2.75) is 37.5 Å². The Kier molecular flexibility index (Phi) is 5.14. The van der Waals surface area contributed by atoms with Crippen LogP contribution in [0.15, 0.2) is 23.1 Å². The molecule has 1 aliphatic carbocycles. The second-order valence-electron chi connectivity index (χ2n) is 4.91. The first-order chi connectivity index (χ1) is 9.22. The van der Waals surface area contributed by atoms with E-state index >= 15 is 0 Å². The van der Waals surface area contributed by atoms with Gasteiger partial charge in [0.25, 0.3) is 0 Å². The van der Waals surface area contributed by atoms with Crippen LogP contribution < -0.4 is 10.5 Å². The van der Waals surface area contributed by atoms with Crippen molar-refractivity contribution in [2.24, 2.45) is 11.7 Å². The lowest BCUT2D eigenvalue weighted by Crippen LogP contribution is -2.17. The molecule has 1 aromatic carbocycles. The fourth-order valence-electron chi connectivity index (χ4n) is 2.29. The van der Waals surface area contributed by atoms with Crippen LogP contribution in [0.2, 0.25) is 0 Å². The zero-order valence-electron chi connectivity index (χ0n) is 11.4. The summed E-state index contributed by atoms with van der Waals surface area (Å²) in [7, 11) is 0. The van der Waals surface area contributed by atoms with E-state index in [0.29, 0.717) is 0 Å². The third kappa shape index (κ3) is 3.66. The maximum Gasteiger partial charge on any atom is 0.131 e. The second kappa shape index (κ2) is 6.85. The van der Waals surface area contributed by atoms with Gasteiger partial charge >= 0.3 is 0 Å². The molecule has 1 fully saturated rings. The van der Waals surface area contributed by atoms with Gasteiger partial charge in [-0.25, -0.2) is 0 Å². The summed E-state index contributed by atoms with van der Waals surface area (Å²) in [5.41, 5.74) is 6.46. The van der Waals surface area contributed by atoms with Crippen LogP contribution in [0.4, 0.5) is 0 Å². The van der Waals surface area contributed by atoms with Gasteiger partial charge in [0.15, 0.2) is 0 Å². The van der Waals surface area contributed by atoms with E-state index < -0.39 is 0 Å². The van der Waals surface area contributed by atoms with E-state index in [2.05, 4.69) is 6.92 Å². The Morgan fingerprint density at radius 3 is 2.84 bits per heavy atom. The van der Waals surface area contributed by atoms with Crippen molar-refractivity contribution in [3.63, 3.8) is 0 Å². The van der Waals surface area contributed by atoms with E-state index in [9.17, 15) is 0 Å². The van der Waals surface area contributed by atoms with Crippen LogP contribution in [-0.2, 0) is 0 Å². The molecule has 0 saturated heterocycles. The molecule has 0 radical (unpaired) electrons. The molecule has 19 heavy (non-hydrogen) atoms. The van der Waals surface area contributed by atoms with Crippen LogP contribution in [0.5, 0.6) is 5.75 Å². The van der Waals surface area contributed by atoms with Gasteiger partial charge in [-0.15, -0.1) is 11.8 Å². The number of nitrogens with two attached hydrogens (primary N) is 1. The summed E-state index contributed by atoms with van der Waals surface area (Å²) in [5.74, 6) is 2.65. The predicted octanol–water partition coefficient (Wildman–Crippen LogP) is 3.65. The third-order valence-corrected chi connectivity index (χ3v) is 4.51. The van der Waals surface area contributed by atoms with Gasteiger partial charge < -0.3 is 10.5 Å². The van der Waals surface area contributed by atoms with E-state index in [1.54, 1.807) is 11.8 Å². The monoisotopic (exact) mass is 278 g/mol. The summed E-state index contributed by atoms with van der Waals surface area (Å²) >= 11 is 1.70. The van der Waals surface area contributed by atoms with Crippen molar-refractivity contribution in [1.29, 1.82) is 5.41 Å². The molecule has 0 aliphatic heterocycles. The lowest BCUT2D eigenvalue weighted by atomic mass is 9.83. The molecule has 0 spiro atoms. The maximum absolute atomic E-state index is 7.75. The van der Waals surface area contributed by atoms with Gasteiger partial charge in [0.1, 0.15) is 11.6 Å². The minimum Gasteiger partial charge on any atom is -0.493 e. The second-order valence-corrected chi connectivity index (χ2v) is 6.22. The van der Waals surface area contributed by atoms with Crippen molar-refractivity contribution >= 4 is 17.6 Å². The van der Waals surface area contributed by atoms with Gasteiger partial charge in [0.2, 0.25) is 0 Å². The number of hydrogen-bond acceptors (Lipinski definition) is 3. The summed E-state index contributed by atoms with van der Waals surface area (Å²) < 4.78 is 5.86. The fourth-order valence-corrected chi connectivity index (χ4v) is 3.13. The Morgan fingerprint density at radius 1 is 1.47 bits per heavy atom. The largest absolute Gasteiger partial charge is 0.493 e. The molecular weight excluding hydrogens is 256 g/mol. The van der Waals surface area contributed by atoms with Crippen molar-refractivity contribution in [2.75, 3.05) is 12.4 Å². The molecule has 0 amide bonds. The van der Waals surface area contributed by atoms with Crippen molar-refractivity contribution < 1.29 is 4.74 Å². The van der Waals surface area contributed by atoms with Crippen LogP contribution in [0, 0.1) is 11.3 Å². The fraction of sp³-hybridized carbons (Fsp3) is 0.533. The highest BCUT2D eigenvalue weighted by Crippen LogP contribution is 2.32. The number of benzene rings is 1. The molecule has 0 heterocycles. The van der Waals surface area contributed by atoms with E-state index in [1.165, 1.54) is 19.3 Å². The minimum absolute atomic E-state index is 0.0928. The Balaban J connectivity index is 2.04. The lowest BCUT2D eigenvalue weighted by Gasteiger charge is -2.25. The SMILES string of the molecule is CCSc1cccc(OCCC2CCC2)c1C(=N)N. The number of thioether (sulfide) groups is 1. The maximum atomic E-state index is 7.75. The molecule has 1 saturated carbocycles. The van der Waals surface area contributed by atoms with E-state index in [0.717, 1.165) is 40.9 Å². The molecule has 0 atom stereocenters. The third-order valence-electron chi connectivity index (χ3n) is 3.57. The topological polar surface area (TPSA) is 59.1 Å². The molecule has 1 aliphatic rings. The first kappa shape index (κ1) is 14.3. The van der Waals surface area contributed by atoms with Crippen LogP contribution in [0.25, 0.3) is 0 Å². The number of amidine groups is 1. The van der Waals surface area contributed by atoms with Crippen LogP contribution >= 0.6 is 11.8 Å². The molecule has 0 bridgehead atoms. The van der Waals surface area contributed by atoms with Crippen LogP contribution in [0.1, 0.15) is 38.2 Å². The quantitative estimate of drug-likeness (QED) is 0.454. The Morgan fingerprint density at radius 2 is 2.26 bits per heavy atom. The molecule has 104 valence electrons. The van der Waals surface area contributed by atoms with Gasteiger partial charge in [-0.1, -0.05) is 32.3 Å². The van der Waals surface area contributed by atoms with Gasteiger partial charge in [-0.3, -0.25) is 5.41 Å². The number of nitrogens with one attached hydrogen (secondary N) is 1. The Hall–Kier alpha value is -1.16. The number of nitrogen functional groups attached to an aromatic ring is 1. The molecule has 0 unspecified atom stereocenters. The normalized spacial score (nSPS) is 15.0.